The molecule has 0 bridgehead atoms. The largest absolute Gasteiger partial charge is 0.331 e. The molecule has 1 aromatic rings. The van der Waals surface area contributed by atoms with Crippen LogP contribution in [-0.4, -0.2) is 36.0 Å². The molecule has 1 fully saturated rings. The van der Waals surface area contributed by atoms with Crippen molar-refractivity contribution in [1.82, 2.24) is 10.2 Å². The van der Waals surface area contributed by atoms with E-state index in [1.807, 2.05) is 21.7 Å². The summed E-state index contributed by atoms with van der Waals surface area (Å²) in [7, 11) is 0. The molecule has 0 aromatic carbocycles. The average Bonchev–Trinajstić information content (AvgIpc) is 2.69. The smallest absolute Gasteiger partial charge is 0.255 e. The predicted molar refractivity (Wildman–Crippen MR) is 62.3 cm³/mol. The number of amides is 1. The zero-order chi connectivity index (χ0) is 10.9. The first-order valence-electron chi connectivity index (χ1n) is 5.16. The number of nitrogens with one attached hydrogen (secondary N) is 1. The van der Waals surface area contributed by atoms with Gasteiger partial charge in [-0.2, -0.15) is 11.3 Å². The molecule has 82 valence electrons. The van der Waals surface area contributed by atoms with E-state index < -0.39 is 0 Å². The van der Waals surface area contributed by atoms with E-state index in [9.17, 15) is 4.79 Å². The van der Waals surface area contributed by atoms with Crippen molar-refractivity contribution >= 4 is 17.2 Å². The summed E-state index contributed by atoms with van der Waals surface area (Å²) in [4.78, 5) is 14.1. The summed E-state index contributed by atoms with van der Waals surface area (Å²) in [6, 6.07) is 1.89. The van der Waals surface area contributed by atoms with Crippen LogP contribution in [0.4, 0.5) is 0 Å². The number of carbonyl (C=O) groups excluding carboxylic acids is 1. The van der Waals surface area contributed by atoms with Gasteiger partial charge in [-0.1, -0.05) is 0 Å². The van der Waals surface area contributed by atoms with E-state index in [4.69, 9.17) is 0 Å². The lowest BCUT2D eigenvalue weighted by Crippen LogP contribution is -2.59. The van der Waals surface area contributed by atoms with Crippen LogP contribution < -0.4 is 5.32 Å². The standard InChI is InChI=1S/C11H16N2OS/c1-11(2)8-12-4-5-13(11)10(14)9-3-6-15-7-9/h3,6-7,12H,4-5,8H2,1-2H3. The molecule has 0 radical (unpaired) electrons. The molecule has 1 N–H and O–H groups in total. The Kier molecular flexibility index (Phi) is 2.80. The van der Waals surface area contributed by atoms with Crippen molar-refractivity contribution in [1.29, 1.82) is 0 Å². The normalized spacial score (nSPS) is 20.3. The average molecular weight is 224 g/mol. The molecule has 1 aromatic heterocycles. The Morgan fingerprint density at radius 2 is 2.40 bits per heavy atom. The first-order valence-corrected chi connectivity index (χ1v) is 6.10. The van der Waals surface area contributed by atoms with Crippen molar-refractivity contribution in [2.45, 2.75) is 19.4 Å². The van der Waals surface area contributed by atoms with Crippen LogP contribution in [0.15, 0.2) is 16.8 Å². The maximum absolute atomic E-state index is 12.2. The molecule has 4 heteroatoms. The summed E-state index contributed by atoms with van der Waals surface area (Å²) in [5, 5.41) is 7.18. The molecule has 1 aliphatic rings. The molecular formula is C11H16N2OS. The highest BCUT2D eigenvalue weighted by atomic mass is 32.1. The maximum Gasteiger partial charge on any atom is 0.255 e. The zero-order valence-electron chi connectivity index (χ0n) is 9.12. The number of nitrogens with zero attached hydrogens (tertiary/aromatic N) is 1. The summed E-state index contributed by atoms with van der Waals surface area (Å²) in [6.45, 7) is 6.75. The lowest BCUT2D eigenvalue weighted by atomic mass is 9.99. The SMILES string of the molecule is CC1(C)CNCCN1C(=O)c1ccsc1. The third-order valence-corrected chi connectivity index (χ3v) is 3.50. The first kappa shape index (κ1) is 10.6. The van der Waals surface area contributed by atoms with Gasteiger partial charge in [-0.3, -0.25) is 4.79 Å². The third-order valence-electron chi connectivity index (χ3n) is 2.81. The van der Waals surface area contributed by atoms with Crippen LogP contribution in [0, 0.1) is 0 Å². The maximum atomic E-state index is 12.2. The van der Waals surface area contributed by atoms with Crippen molar-refractivity contribution in [3.63, 3.8) is 0 Å². The van der Waals surface area contributed by atoms with Crippen LogP contribution in [0.1, 0.15) is 24.2 Å². The van der Waals surface area contributed by atoms with Crippen molar-refractivity contribution in [3.8, 4) is 0 Å². The highest BCUT2D eigenvalue weighted by Crippen LogP contribution is 2.20. The number of carbonyl (C=O) groups is 1. The first-order chi connectivity index (χ1) is 7.11. The van der Waals surface area contributed by atoms with Gasteiger partial charge in [0, 0.05) is 25.0 Å². The molecule has 15 heavy (non-hydrogen) atoms. The molecule has 0 unspecified atom stereocenters. The van der Waals surface area contributed by atoms with Gasteiger partial charge in [-0.25, -0.2) is 0 Å². The van der Waals surface area contributed by atoms with E-state index in [1.54, 1.807) is 11.3 Å². The second-order valence-corrected chi connectivity index (χ2v) is 5.24. The van der Waals surface area contributed by atoms with E-state index in [2.05, 4.69) is 19.2 Å². The van der Waals surface area contributed by atoms with Crippen LogP contribution in [0.3, 0.4) is 0 Å². The summed E-state index contributed by atoms with van der Waals surface area (Å²) in [6.07, 6.45) is 0. The minimum absolute atomic E-state index is 0.0860. The summed E-state index contributed by atoms with van der Waals surface area (Å²) < 4.78 is 0. The Balaban J connectivity index is 2.19. The quantitative estimate of drug-likeness (QED) is 0.785. The highest BCUT2D eigenvalue weighted by Gasteiger charge is 2.33. The van der Waals surface area contributed by atoms with Crippen molar-refractivity contribution < 1.29 is 4.79 Å². The van der Waals surface area contributed by atoms with E-state index >= 15 is 0 Å². The van der Waals surface area contributed by atoms with Gasteiger partial charge in [-0.15, -0.1) is 0 Å². The van der Waals surface area contributed by atoms with Gasteiger partial charge < -0.3 is 10.2 Å². The molecule has 1 aliphatic heterocycles. The predicted octanol–water partition coefficient (Wildman–Crippen LogP) is 1.57. The van der Waals surface area contributed by atoms with Gasteiger partial charge >= 0.3 is 0 Å². The Morgan fingerprint density at radius 3 is 3.00 bits per heavy atom. The molecule has 2 heterocycles. The van der Waals surface area contributed by atoms with E-state index in [1.165, 1.54) is 0 Å². The minimum Gasteiger partial charge on any atom is -0.331 e. The van der Waals surface area contributed by atoms with E-state index in [-0.39, 0.29) is 11.4 Å². The fourth-order valence-corrected chi connectivity index (χ4v) is 2.53. The lowest BCUT2D eigenvalue weighted by Gasteiger charge is -2.42. The Labute approximate surface area is 94.1 Å². The monoisotopic (exact) mass is 224 g/mol. The number of thiophene rings is 1. The van der Waals surface area contributed by atoms with E-state index in [0.717, 1.165) is 25.2 Å². The Bertz CT molecular complexity index is 345. The molecule has 0 atom stereocenters. The molecule has 0 saturated carbocycles. The third kappa shape index (κ3) is 2.06. The fraction of sp³-hybridized carbons (Fsp3) is 0.545. The molecule has 0 aliphatic carbocycles. The lowest BCUT2D eigenvalue weighted by molar-refractivity contribution is 0.0478. The van der Waals surface area contributed by atoms with Crippen LogP contribution in [0.5, 0.6) is 0 Å². The number of rotatable bonds is 1. The van der Waals surface area contributed by atoms with Gasteiger partial charge in [0.2, 0.25) is 0 Å². The van der Waals surface area contributed by atoms with Crippen molar-refractivity contribution in [2.75, 3.05) is 19.6 Å². The number of piperazine rings is 1. The van der Waals surface area contributed by atoms with Crippen LogP contribution >= 0.6 is 11.3 Å². The molecule has 0 spiro atoms. The van der Waals surface area contributed by atoms with Crippen LogP contribution in [0.25, 0.3) is 0 Å². The number of hydrogen-bond acceptors (Lipinski definition) is 3. The molecular weight excluding hydrogens is 208 g/mol. The van der Waals surface area contributed by atoms with Gasteiger partial charge in [0.25, 0.3) is 5.91 Å². The highest BCUT2D eigenvalue weighted by molar-refractivity contribution is 7.08. The van der Waals surface area contributed by atoms with Gasteiger partial charge in [0.1, 0.15) is 0 Å². The molecule has 1 amide bonds. The van der Waals surface area contributed by atoms with Gasteiger partial charge in [0.05, 0.1) is 11.1 Å². The molecule has 3 nitrogen and oxygen atoms in total. The Morgan fingerprint density at radius 1 is 1.60 bits per heavy atom. The number of hydrogen-bond donors (Lipinski definition) is 1. The summed E-state index contributed by atoms with van der Waals surface area (Å²) >= 11 is 1.57. The Hall–Kier alpha value is -0.870. The summed E-state index contributed by atoms with van der Waals surface area (Å²) in [5.74, 6) is 0.155. The van der Waals surface area contributed by atoms with E-state index in [0.29, 0.717) is 0 Å². The topological polar surface area (TPSA) is 32.3 Å². The molecule has 1 saturated heterocycles. The minimum atomic E-state index is -0.0860. The van der Waals surface area contributed by atoms with Gasteiger partial charge in [-0.05, 0) is 25.3 Å². The molecule has 2 rings (SSSR count). The second kappa shape index (κ2) is 3.94. The zero-order valence-corrected chi connectivity index (χ0v) is 9.93. The van der Waals surface area contributed by atoms with Gasteiger partial charge in [0.15, 0.2) is 0 Å². The van der Waals surface area contributed by atoms with Crippen LogP contribution in [0.2, 0.25) is 0 Å². The fourth-order valence-electron chi connectivity index (χ4n) is 1.90. The second-order valence-electron chi connectivity index (χ2n) is 4.46. The van der Waals surface area contributed by atoms with Crippen LogP contribution in [-0.2, 0) is 0 Å². The summed E-state index contributed by atoms with van der Waals surface area (Å²) in [5.41, 5.74) is 0.729. The van der Waals surface area contributed by atoms with Crippen molar-refractivity contribution in [3.05, 3.63) is 22.4 Å². The van der Waals surface area contributed by atoms with Crippen molar-refractivity contribution in [2.24, 2.45) is 0 Å².